The molecular weight excluding hydrogens is 306 g/mol. The first-order valence-electron chi connectivity index (χ1n) is 6.84. The van der Waals surface area contributed by atoms with Crippen LogP contribution in [0.3, 0.4) is 0 Å². The van der Waals surface area contributed by atoms with Gasteiger partial charge in [-0.2, -0.15) is 0 Å². The Labute approximate surface area is 124 Å². The van der Waals surface area contributed by atoms with Crippen LogP contribution in [0.25, 0.3) is 0 Å². The average Bonchev–Trinajstić information content (AvgIpc) is 2.37. The predicted molar refractivity (Wildman–Crippen MR) is 82.9 cm³/mol. The molecule has 1 rings (SSSR count). The summed E-state index contributed by atoms with van der Waals surface area (Å²) in [4.78, 5) is 0. The van der Waals surface area contributed by atoms with E-state index < -0.39 is 0 Å². The van der Waals surface area contributed by atoms with Crippen molar-refractivity contribution in [1.29, 1.82) is 0 Å². The maximum absolute atomic E-state index is 5.89. The van der Waals surface area contributed by atoms with Gasteiger partial charge in [0.2, 0.25) is 0 Å². The Balaban J connectivity index is 2.21. The topological polar surface area (TPSA) is 30.5 Å². The summed E-state index contributed by atoms with van der Waals surface area (Å²) in [5.41, 5.74) is 1.22. The maximum atomic E-state index is 5.89. The van der Waals surface area contributed by atoms with E-state index >= 15 is 0 Å². The van der Waals surface area contributed by atoms with Crippen molar-refractivity contribution in [3.8, 4) is 5.75 Å². The molecular formula is C15H24BrNO2. The summed E-state index contributed by atoms with van der Waals surface area (Å²) in [7, 11) is 0. The SMILES string of the molecule is CCOCCCNCC(C)Oc1ccc(C)cc1Br. The summed E-state index contributed by atoms with van der Waals surface area (Å²) in [6.45, 7) is 9.57. The Morgan fingerprint density at radius 3 is 2.84 bits per heavy atom. The van der Waals surface area contributed by atoms with Crippen LogP contribution >= 0.6 is 15.9 Å². The highest BCUT2D eigenvalue weighted by atomic mass is 79.9. The molecule has 0 aromatic heterocycles. The lowest BCUT2D eigenvalue weighted by Gasteiger charge is -2.16. The number of nitrogens with one attached hydrogen (secondary N) is 1. The van der Waals surface area contributed by atoms with Gasteiger partial charge in [-0.3, -0.25) is 0 Å². The molecule has 1 N–H and O–H groups in total. The van der Waals surface area contributed by atoms with E-state index in [1.807, 2.05) is 13.0 Å². The molecule has 0 aliphatic rings. The Morgan fingerprint density at radius 1 is 1.37 bits per heavy atom. The van der Waals surface area contributed by atoms with Gasteiger partial charge < -0.3 is 14.8 Å². The van der Waals surface area contributed by atoms with Gasteiger partial charge >= 0.3 is 0 Å². The average molecular weight is 330 g/mol. The van der Waals surface area contributed by atoms with Gasteiger partial charge in [0.05, 0.1) is 4.47 Å². The predicted octanol–water partition coefficient (Wildman–Crippen LogP) is 3.54. The van der Waals surface area contributed by atoms with E-state index in [2.05, 4.69) is 47.2 Å². The number of hydrogen-bond donors (Lipinski definition) is 1. The summed E-state index contributed by atoms with van der Waals surface area (Å²) in [6, 6.07) is 6.13. The lowest BCUT2D eigenvalue weighted by atomic mass is 10.2. The Hall–Kier alpha value is -0.580. The molecule has 0 aliphatic carbocycles. The third-order valence-electron chi connectivity index (χ3n) is 2.69. The van der Waals surface area contributed by atoms with Gasteiger partial charge in [0, 0.05) is 19.8 Å². The van der Waals surface area contributed by atoms with E-state index in [0.29, 0.717) is 0 Å². The van der Waals surface area contributed by atoms with Crippen molar-refractivity contribution in [2.24, 2.45) is 0 Å². The minimum Gasteiger partial charge on any atom is -0.488 e. The molecule has 0 spiro atoms. The molecule has 0 saturated carbocycles. The number of benzene rings is 1. The smallest absolute Gasteiger partial charge is 0.133 e. The summed E-state index contributed by atoms with van der Waals surface area (Å²) >= 11 is 3.52. The van der Waals surface area contributed by atoms with Crippen LogP contribution in [0, 0.1) is 6.92 Å². The number of hydrogen-bond acceptors (Lipinski definition) is 3. The lowest BCUT2D eigenvalue weighted by Crippen LogP contribution is -2.30. The molecule has 1 aromatic carbocycles. The van der Waals surface area contributed by atoms with Gasteiger partial charge in [-0.05, 0) is 67.4 Å². The second-order valence-corrected chi connectivity index (χ2v) is 5.47. The Bertz CT molecular complexity index is 371. The highest BCUT2D eigenvalue weighted by Crippen LogP contribution is 2.26. The fourth-order valence-corrected chi connectivity index (χ4v) is 2.30. The van der Waals surface area contributed by atoms with E-state index in [4.69, 9.17) is 9.47 Å². The molecule has 1 atom stereocenters. The van der Waals surface area contributed by atoms with Crippen LogP contribution in [0.1, 0.15) is 25.8 Å². The van der Waals surface area contributed by atoms with Gasteiger partial charge in [0.25, 0.3) is 0 Å². The van der Waals surface area contributed by atoms with Crippen molar-refractivity contribution in [3.05, 3.63) is 28.2 Å². The highest BCUT2D eigenvalue weighted by Gasteiger charge is 2.06. The third-order valence-corrected chi connectivity index (χ3v) is 3.31. The molecule has 4 heteroatoms. The van der Waals surface area contributed by atoms with Crippen molar-refractivity contribution in [2.75, 3.05) is 26.3 Å². The maximum Gasteiger partial charge on any atom is 0.133 e. The lowest BCUT2D eigenvalue weighted by molar-refractivity contribution is 0.143. The zero-order chi connectivity index (χ0) is 14.1. The molecule has 108 valence electrons. The summed E-state index contributed by atoms with van der Waals surface area (Å²) in [6.07, 6.45) is 1.18. The number of halogens is 1. The van der Waals surface area contributed by atoms with Crippen LogP contribution in [0.15, 0.2) is 22.7 Å². The molecule has 1 aromatic rings. The van der Waals surface area contributed by atoms with Crippen molar-refractivity contribution in [3.63, 3.8) is 0 Å². The van der Waals surface area contributed by atoms with Crippen LogP contribution in [-0.4, -0.2) is 32.4 Å². The number of rotatable bonds is 9. The molecule has 19 heavy (non-hydrogen) atoms. The van der Waals surface area contributed by atoms with Gasteiger partial charge in [-0.15, -0.1) is 0 Å². The minimum atomic E-state index is 0.145. The van der Waals surface area contributed by atoms with Gasteiger partial charge in [0.1, 0.15) is 11.9 Å². The Morgan fingerprint density at radius 2 is 2.16 bits per heavy atom. The summed E-state index contributed by atoms with van der Waals surface area (Å²) in [5.74, 6) is 0.897. The number of ether oxygens (including phenoxy) is 2. The zero-order valence-corrected chi connectivity index (χ0v) is 13.6. The molecule has 0 saturated heterocycles. The first-order valence-corrected chi connectivity index (χ1v) is 7.64. The fraction of sp³-hybridized carbons (Fsp3) is 0.600. The van der Waals surface area contributed by atoms with E-state index in [9.17, 15) is 0 Å². The van der Waals surface area contributed by atoms with Crippen LogP contribution in [-0.2, 0) is 4.74 Å². The van der Waals surface area contributed by atoms with Crippen molar-refractivity contribution < 1.29 is 9.47 Å². The van der Waals surface area contributed by atoms with E-state index in [1.54, 1.807) is 0 Å². The van der Waals surface area contributed by atoms with E-state index in [1.165, 1.54) is 5.56 Å². The molecule has 0 amide bonds. The van der Waals surface area contributed by atoms with Gasteiger partial charge in [0.15, 0.2) is 0 Å². The second-order valence-electron chi connectivity index (χ2n) is 4.62. The largest absolute Gasteiger partial charge is 0.488 e. The number of aryl methyl sites for hydroxylation is 1. The standard InChI is InChI=1S/C15H24BrNO2/c1-4-18-9-5-8-17-11-13(3)19-15-7-6-12(2)10-14(15)16/h6-7,10,13,17H,4-5,8-9,11H2,1-3H3. The van der Waals surface area contributed by atoms with Crippen LogP contribution in [0.2, 0.25) is 0 Å². The van der Waals surface area contributed by atoms with Crippen molar-refractivity contribution in [2.45, 2.75) is 33.3 Å². The molecule has 0 bridgehead atoms. The Kier molecular flexibility index (Phi) is 8.10. The minimum absolute atomic E-state index is 0.145. The third kappa shape index (κ3) is 6.95. The van der Waals surface area contributed by atoms with Crippen LogP contribution < -0.4 is 10.1 Å². The quantitative estimate of drug-likeness (QED) is 0.703. The van der Waals surface area contributed by atoms with Crippen LogP contribution in [0.5, 0.6) is 5.75 Å². The van der Waals surface area contributed by atoms with Crippen LogP contribution in [0.4, 0.5) is 0 Å². The molecule has 0 aliphatic heterocycles. The molecule has 3 nitrogen and oxygen atoms in total. The first-order chi connectivity index (χ1) is 9.13. The molecule has 0 heterocycles. The normalized spacial score (nSPS) is 12.4. The summed E-state index contributed by atoms with van der Waals surface area (Å²) in [5, 5.41) is 3.37. The molecule has 0 fully saturated rings. The zero-order valence-electron chi connectivity index (χ0n) is 12.0. The highest BCUT2D eigenvalue weighted by molar-refractivity contribution is 9.10. The van der Waals surface area contributed by atoms with Gasteiger partial charge in [-0.1, -0.05) is 6.07 Å². The van der Waals surface area contributed by atoms with Crippen molar-refractivity contribution in [1.82, 2.24) is 5.32 Å². The summed E-state index contributed by atoms with van der Waals surface area (Å²) < 4.78 is 12.2. The van der Waals surface area contributed by atoms with E-state index in [-0.39, 0.29) is 6.10 Å². The fourth-order valence-electron chi connectivity index (χ4n) is 1.71. The molecule has 1 unspecified atom stereocenters. The first kappa shape index (κ1) is 16.5. The van der Waals surface area contributed by atoms with E-state index in [0.717, 1.165) is 42.9 Å². The second kappa shape index (κ2) is 9.34. The van der Waals surface area contributed by atoms with Gasteiger partial charge in [-0.25, -0.2) is 0 Å². The molecule has 0 radical (unpaired) electrons. The monoisotopic (exact) mass is 329 g/mol. The van der Waals surface area contributed by atoms with Crippen molar-refractivity contribution >= 4 is 15.9 Å².